The van der Waals surface area contributed by atoms with Crippen LogP contribution in [0.2, 0.25) is 0 Å². The SMILES string of the molecule is COc1c(C)cc(S(=O)(=O)NCC2(CO)CC2)cc1C. The lowest BCUT2D eigenvalue weighted by Gasteiger charge is -2.15. The molecule has 0 unspecified atom stereocenters. The smallest absolute Gasteiger partial charge is 0.240 e. The van der Waals surface area contributed by atoms with Crippen LogP contribution in [0.15, 0.2) is 17.0 Å². The summed E-state index contributed by atoms with van der Waals surface area (Å²) in [5, 5.41) is 9.23. The summed E-state index contributed by atoms with van der Waals surface area (Å²) in [4.78, 5) is 0.238. The molecule has 2 rings (SSSR count). The van der Waals surface area contributed by atoms with E-state index in [-0.39, 0.29) is 23.5 Å². The van der Waals surface area contributed by atoms with Crippen LogP contribution in [0, 0.1) is 19.3 Å². The normalized spacial score (nSPS) is 17.0. The first-order valence-electron chi connectivity index (χ1n) is 6.59. The number of benzene rings is 1. The number of sulfonamides is 1. The van der Waals surface area contributed by atoms with E-state index >= 15 is 0 Å². The van der Waals surface area contributed by atoms with Gasteiger partial charge < -0.3 is 9.84 Å². The number of ether oxygens (including phenoxy) is 1. The van der Waals surface area contributed by atoms with Crippen molar-refractivity contribution < 1.29 is 18.3 Å². The number of aliphatic hydroxyl groups excluding tert-OH is 1. The minimum atomic E-state index is -3.55. The van der Waals surface area contributed by atoms with E-state index in [0.29, 0.717) is 5.75 Å². The van der Waals surface area contributed by atoms with Gasteiger partial charge in [0.25, 0.3) is 0 Å². The molecule has 20 heavy (non-hydrogen) atoms. The van der Waals surface area contributed by atoms with Crippen LogP contribution in [-0.4, -0.2) is 33.8 Å². The maximum Gasteiger partial charge on any atom is 0.240 e. The van der Waals surface area contributed by atoms with E-state index in [1.165, 1.54) is 0 Å². The van der Waals surface area contributed by atoms with Gasteiger partial charge in [-0.15, -0.1) is 0 Å². The van der Waals surface area contributed by atoms with Crippen molar-refractivity contribution in [3.8, 4) is 5.75 Å². The lowest BCUT2D eigenvalue weighted by molar-refractivity contribution is 0.213. The van der Waals surface area contributed by atoms with Gasteiger partial charge in [0.15, 0.2) is 0 Å². The monoisotopic (exact) mass is 299 g/mol. The average molecular weight is 299 g/mol. The third-order valence-electron chi connectivity index (χ3n) is 3.88. The van der Waals surface area contributed by atoms with Gasteiger partial charge in [-0.2, -0.15) is 0 Å². The molecule has 1 aromatic rings. The molecule has 6 heteroatoms. The molecule has 0 atom stereocenters. The van der Waals surface area contributed by atoms with Gasteiger partial charge in [0, 0.05) is 18.6 Å². The second-order valence-electron chi connectivity index (χ2n) is 5.57. The zero-order valence-corrected chi connectivity index (χ0v) is 12.9. The Hall–Kier alpha value is -1.11. The number of aryl methyl sites for hydroxylation is 2. The van der Waals surface area contributed by atoms with Crippen LogP contribution >= 0.6 is 0 Å². The van der Waals surface area contributed by atoms with Crippen molar-refractivity contribution >= 4 is 10.0 Å². The fraction of sp³-hybridized carbons (Fsp3) is 0.571. The number of aliphatic hydroxyl groups is 1. The van der Waals surface area contributed by atoms with Gasteiger partial charge in [-0.05, 0) is 49.9 Å². The second-order valence-corrected chi connectivity index (χ2v) is 7.34. The Bertz CT molecular complexity index is 583. The van der Waals surface area contributed by atoms with Gasteiger partial charge >= 0.3 is 0 Å². The minimum absolute atomic E-state index is 0.0240. The highest BCUT2D eigenvalue weighted by Crippen LogP contribution is 2.44. The van der Waals surface area contributed by atoms with Crippen LogP contribution in [0.3, 0.4) is 0 Å². The molecular weight excluding hydrogens is 278 g/mol. The Labute approximate surface area is 120 Å². The molecule has 0 aromatic heterocycles. The molecule has 1 aliphatic carbocycles. The first kappa shape index (κ1) is 15.3. The average Bonchev–Trinajstić information content (AvgIpc) is 3.17. The molecule has 0 spiro atoms. The molecule has 2 N–H and O–H groups in total. The largest absolute Gasteiger partial charge is 0.496 e. The van der Waals surface area contributed by atoms with Gasteiger partial charge in [0.05, 0.1) is 12.0 Å². The summed E-state index contributed by atoms with van der Waals surface area (Å²) in [5.41, 5.74) is 1.33. The van der Waals surface area contributed by atoms with Crippen LogP contribution in [0.1, 0.15) is 24.0 Å². The number of hydrogen-bond acceptors (Lipinski definition) is 4. The van der Waals surface area contributed by atoms with Crippen molar-refractivity contribution in [1.29, 1.82) is 0 Å². The summed E-state index contributed by atoms with van der Waals surface area (Å²) in [6.07, 6.45) is 1.74. The van der Waals surface area contributed by atoms with Gasteiger partial charge in [0.2, 0.25) is 10.0 Å². The summed E-state index contributed by atoms with van der Waals surface area (Å²) in [5.74, 6) is 0.706. The molecule has 0 saturated heterocycles. The Morgan fingerprint density at radius 2 is 1.85 bits per heavy atom. The van der Waals surface area contributed by atoms with Crippen LogP contribution < -0.4 is 9.46 Å². The summed E-state index contributed by atoms with van der Waals surface area (Å²) < 4.78 is 32.4. The van der Waals surface area contributed by atoms with Crippen molar-refractivity contribution in [3.63, 3.8) is 0 Å². The fourth-order valence-electron chi connectivity index (χ4n) is 2.29. The zero-order valence-electron chi connectivity index (χ0n) is 12.1. The lowest BCUT2D eigenvalue weighted by Crippen LogP contribution is -2.32. The molecule has 5 nitrogen and oxygen atoms in total. The highest BCUT2D eigenvalue weighted by molar-refractivity contribution is 7.89. The molecule has 1 aromatic carbocycles. The maximum absolute atomic E-state index is 12.3. The van der Waals surface area contributed by atoms with E-state index in [2.05, 4.69) is 4.72 Å². The van der Waals surface area contributed by atoms with Crippen molar-refractivity contribution in [1.82, 2.24) is 4.72 Å². The van der Waals surface area contributed by atoms with E-state index < -0.39 is 10.0 Å². The molecular formula is C14H21NO4S. The minimum Gasteiger partial charge on any atom is -0.496 e. The molecule has 0 amide bonds. The van der Waals surface area contributed by atoms with Crippen LogP contribution in [0.5, 0.6) is 5.75 Å². The molecule has 112 valence electrons. The van der Waals surface area contributed by atoms with Gasteiger partial charge in [-0.25, -0.2) is 13.1 Å². The van der Waals surface area contributed by atoms with Crippen molar-refractivity contribution in [2.45, 2.75) is 31.6 Å². The first-order valence-corrected chi connectivity index (χ1v) is 8.08. The van der Waals surface area contributed by atoms with Gasteiger partial charge in [-0.1, -0.05) is 0 Å². The third-order valence-corrected chi connectivity index (χ3v) is 5.26. The molecule has 0 heterocycles. The quantitative estimate of drug-likeness (QED) is 0.831. The molecule has 0 aliphatic heterocycles. The van der Waals surface area contributed by atoms with E-state index in [0.717, 1.165) is 24.0 Å². The van der Waals surface area contributed by atoms with E-state index in [4.69, 9.17) is 4.74 Å². The third kappa shape index (κ3) is 2.97. The van der Waals surface area contributed by atoms with Crippen LogP contribution in [0.25, 0.3) is 0 Å². The second kappa shape index (κ2) is 5.35. The Balaban J connectivity index is 2.21. The molecule has 1 aliphatic rings. The van der Waals surface area contributed by atoms with E-state index in [1.807, 2.05) is 13.8 Å². The van der Waals surface area contributed by atoms with E-state index in [1.54, 1.807) is 19.2 Å². The Kier molecular flexibility index (Phi) is 4.09. The zero-order chi connectivity index (χ0) is 15.0. The van der Waals surface area contributed by atoms with Crippen molar-refractivity contribution in [3.05, 3.63) is 23.3 Å². The molecule has 1 fully saturated rings. The number of hydrogen-bond donors (Lipinski definition) is 2. The predicted molar refractivity (Wildman–Crippen MR) is 76.4 cm³/mol. The van der Waals surface area contributed by atoms with Crippen LogP contribution in [-0.2, 0) is 10.0 Å². The topological polar surface area (TPSA) is 75.6 Å². The van der Waals surface area contributed by atoms with Gasteiger partial charge in [-0.3, -0.25) is 0 Å². The molecule has 0 radical (unpaired) electrons. The van der Waals surface area contributed by atoms with Crippen molar-refractivity contribution in [2.24, 2.45) is 5.41 Å². The highest BCUT2D eigenvalue weighted by Gasteiger charge is 2.42. The number of nitrogens with one attached hydrogen (secondary N) is 1. The first-order chi connectivity index (χ1) is 9.33. The number of rotatable bonds is 6. The summed E-state index contributed by atoms with van der Waals surface area (Å²) in [6.45, 7) is 3.95. The summed E-state index contributed by atoms with van der Waals surface area (Å²) in [7, 11) is -1.98. The summed E-state index contributed by atoms with van der Waals surface area (Å²) >= 11 is 0. The van der Waals surface area contributed by atoms with Crippen LogP contribution in [0.4, 0.5) is 0 Å². The maximum atomic E-state index is 12.3. The lowest BCUT2D eigenvalue weighted by atomic mass is 10.1. The standard InChI is InChI=1S/C14H21NO4S/c1-10-6-12(7-11(2)13(10)19-3)20(17,18)15-8-14(9-16)4-5-14/h6-7,15-16H,4-5,8-9H2,1-3H3. The predicted octanol–water partition coefficient (Wildman–Crippen LogP) is 1.36. The summed E-state index contributed by atoms with van der Waals surface area (Å²) in [6, 6.07) is 3.21. The van der Waals surface area contributed by atoms with Crippen molar-refractivity contribution in [2.75, 3.05) is 20.3 Å². The fourth-order valence-corrected chi connectivity index (χ4v) is 3.61. The Morgan fingerprint density at radius 3 is 2.25 bits per heavy atom. The van der Waals surface area contributed by atoms with Gasteiger partial charge in [0.1, 0.15) is 5.75 Å². The Morgan fingerprint density at radius 1 is 1.30 bits per heavy atom. The number of methoxy groups -OCH3 is 1. The highest BCUT2D eigenvalue weighted by atomic mass is 32.2. The van der Waals surface area contributed by atoms with E-state index in [9.17, 15) is 13.5 Å². The molecule has 0 bridgehead atoms. The molecule has 1 saturated carbocycles.